The maximum atomic E-state index is 5.94. The predicted molar refractivity (Wildman–Crippen MR) is 46.8 cm³/mol. The highest BCUT2D eigenvalue weighted by atomic mass is 16.7. The standard InChI is InChI=1S/C10H18O2/c1-4-10-8(3)5-7(2)9(12-10)6-11-10/h7-9H,4-6H2,1-3H3/t7-,8+,9+,10-/m1/s1. The van der Waals surface area contributed by atoms with E-state index in [1.807, 2.05) is 0 Å². The minimum absolute atomic E-state index is 0.225. The average molecular weight is 170 g/mol. The maximum absolute atomic E-state index is 5.94. The smallest absolute Gasteiger partial charge is 0.171 e. The summed E-state index contributed by atoms with van der Waals surface area (Å²) in [5, 5.41) is 0. The second kappa shape index (κ2) is 2.71. The van der Waals surface area contributed by atoms with Crippen LogP contribution in [0.5, 0.6) is 0 Å². The number of rotatable bonds is 1. The van der Waals surface area contributed by atoms with E-state index in [0.717, 1.165) is 13.0 Å². The summed E-state index contributed by atoms with van der Waals surface area (Å²) >= 11 is 0. The van der Waals surface area contributed by atoms with E-state index >= 15 is 0 Å². The fourth-order valence-electron chi connectivity index (χ4n) is 2.51. The van der Waals surface area contributed by atoms with Gasteiger partial charge >= 0.3 is 0 Å². The van der Waals surface area contributed by atoms with Crippen molar-refractivity contribution in [2.75, 3.05) is 6.61 Å². The molecule has 0 amide bonds. The highest BCUT2D eigenvalue weighted by molar-refractivity contribution is 4.91. The summed E-state index contributed by atoms with van der Waals surface area (Å²) in [7, 11) is 0. The molecule has 0 aromatic heterocycles. The average Bonchev–Trinajstić information content (AvgIpc) is 2.44. The molecule has 0 N–H and O–H groups in total. The lowest BCUT2D eigenvalue weighted by Crippen LogP contribution is -2.43. The highest BCUT2D eigenvalue weighted by Gasteiger charge is 2.50. The molecule has 2 heterocycles. The zero-order chi connectivity index (χ0) is 8.77. The zero-order valence-corrected chi connectivity index (χ0v) is 8.17. The zero-order valence-electron chi connectivity index (χ0n) is 8.17. The van der Waals surface area contributed by atoms with Crippen molar-refractivity contribution in [1.82, 2.24) is 0 Å². The summed E-state index contributed by atoms with van der Waals surface area (Å²) in [4.78, 5) is 0. The van der Waals surface area contributed by atoms with E-state index in [9.17, 15) is 0 Å². The molecule has 0 aromatic rings. The molecular formula is C10H18O2. The minimum Gasteiger partial charge on any atom is -0.347 e. The van der Waals surface area contributed by atoms with Crippen LogP contribution in [0.2, 0.25) is 0 Å². The largest absolute Gasteiger partial charge is 0.347 e. The third-order valence-corrected chi connectivity index (χ3v) is 3.45. The van der Waals surface area contributed by atoms with E-state index in [1.54, 1.807) is 0 Å². The van der Waals surface area contributed by atoms with Gasteiger partial charge in [-0.25, -0.2) is 0 Å². The molecule has 2 saturated heterocycles. The fraction of sp³-hybridized carbons (Fsp3) is 1.00. The first-order chi connectivity index (χ1) is 5.68. The second-order valence-electron chi connectivity index (χ2n) is 4.25. The third-order valence-electron chi connectivity index (χ3n) is 3.45. The number of hydrogen-bond donors (Lipinski definition) is 0. The Morgan fingerprint density at radius 1 is 1.42 bits per heavy atom. The molecule has 4 atom stereocenters. The van der Waals surface area contributed by atoms with Crippen LogP contribution in [0.15, 0.2) is 0 Å². The van der Waals surface area contributed by atoms with Gasteiger partial charge in [0.2, 0.25) is 0 Å². The van der Waals surface area contributed by atoms with Crippen molar-refractivity contribution < 1.29 is 9.47 Å². The van der Waals surface area contributed by atoms with Crippen LogP contribution < -0.4 is 0 Å². The lowest BCUT2D eigenvalue weighted by Gasteiger charge is -2.39. The molecule has 2 nitrogen and oxygen atoms in total. The van der Waals surface area contributed by atoms with Crippen LogP contribution in [0.1, 0.15) is 33.6 Å². The van der Waals surface area contributed by atoms with Gasteiger partial charge < -0.3 is 9.47 Å². The van der Waals surface area contributed by atoms with E-state index in [4.69, 9.17) is 9.47 Å². The first-order valence-electron chi connectivity index (χ1n) is 4.99. The van der Waals surface area contributed by atoms with Crippen molar-refractivity contribution >= 4 is 0 Å². The summed E-state index contributed by atoms with van der Waals surface area (Å²) < 4.78 is 11.7. The van der Waals surface area contributed by atoms with Crippen LogP contribution in [0.3, 0.4) is 0 Å². The minimum atomic E-state index is -0.225. The predicted octanol–water partition coefficient (Wildman–Crippen LogP) is 2.18. The van der Waals surface area contributed by atoms with Crippen LogP contribution in [-0.4, -0.2) is 18.5 Å². The molecule has 2 rings (SSSR count). The molecule has 0 radical (unpaired) electrons. The Kier molecular flexibility index (Phi) is 1.92. The Balaban J connectivity index is 2.18. The van der Waals surface area contributed by atoms with Crippen LogP contribution in [0, 0.1) is 11.8 Å². The van der Waals surface area contributed by atoms with Gasteiger partial charge in [-0.2, -0.15) is 0 Å². The molecule has 0 aliphatic carbocycles. The molecule has 2 aliphatic heterocycles. The van der Waals surface area contributed by atoms with Gasteiger partial charge in [0.25, 0.3) is 0 Å². The SMILES string of the molecule is CC[C@@]12OC[C@H](O1)[C@H](C)C[C@@H]2C. The normalized spacial score (nSPS) is 52.8. The van der Waals surface area contributed by atoms with Gasteiger partial charge in [-0.15, -0.1) is 0 Å². The van der Waals surface area contributed by atoms with Crippen molar-refractivity contribution in [3.63, 3.8) is 0 Å². The number of hydrogen-bond acceptors (Lipinski definition) is 2. The summed E-state index contributed by atoms with van der Waals surface area (Å²) in [6, 6.07) is 0. The molecule has 0 aromatic carbocycles. The lowest BCUT2D eigenvalue weighted by atomic mass is 9.84. The van der Waals surface area contributed by atoms with Gasteiger partial charge in [0.05, 0.1) is 12.7 Å². The summed E-state index contributed by atoms with van der Waals surface area (Å²) in [5.74, 6) is 0.996. The van der Waals surface area contributed by atoms with E-state index in [2.05, 4.69) is 20.8 Å². The third kappa shape index (κ3) is 1.01. The molecule has 2 heteroatoms. The molecule has 0 spiro atoms. The van der Waals surface area contributed by atoms with E-state index in [1.165, 1.54) is 6.42 Å². The molecular weight excluding hydrogens is 152 g/mol. The van der Waals surface area contributed by atoms with Crippen LogP contribution >= 0.6 is 0 Å². The summed E-state index contributed by atoms with van der Waals surface area (Å²) in [5.41, 5.74) is 0. The first kappa shape index (κ1) is 8.52. The van der Waals surface area contributed by atoms with Gasteiger partial charge in [-0.05, 0) is 18.8 Å². The Morgan fingerprint density at radius 3 is 2.83 bits per heavy atom. The Bertz CT molecular complexity index is 181. The van der Waals surface area contributed by atoms with E-state index < -0.39 is 0 Å². The molecule has 2 fully saturated rings. The van der Waals surface area contributed by atoms with Crippen molar-refractivity contribution in [3.8, 4) is 0 Å². The van der Waals surface area contributed by atoms with Gasteiger partial charge in [0.1, 0.15) is 0 Å². The van der Waals surface area contributed by atoms with Gasteiger partial charge in [-0.3, -0.25) is 0 Å². The Labute approximate surface area is 74.2 Å². The van der Waals surface area contributed by atoms with Crippen molar-refractivity contribution in [3.05, 3.63) is 0 Å². The molecule has 2 bridgehead atoms. The molecule has 0 saturated carbocycles. The first-order valence-corrected chi connectivity index (χ1v) is 4.99. The van der Waals surface area contributed by atoms with E-state index in [0.29, 0.717) is 17.9 Å². The van der Waals surface area contributed by atoms with Crippen molar-refractivity contribution in [2.24, 2.45) is 11.8 Å². The monoisotopic (exact) mass is 170 g/mol. The molecule has 2 aliphatic rings. The van der Waals surface area contributed by atoms with E-state index in [-0.39, 0.29) is 5.79 Å². The lowest BCUT2D eigenvalue weighted by molar-refractivity contribution is -0.229. The van der Waals surface area contributed by atoms with Gasteiger partial charge in [0.15, 0.2) is 5.79 Å². The summed E-state index contributed by atoms with van der Waals surface area (Å²) in [6.07, 6.45) is 2.59. The maximum Gasteiger partial charge on any atom is 0.171 e. The molecule has 70 valence electrons. The van der Waals surface area contributed by atoms with Gasteiger partial charge in [-0.1, -0.05) is 20.8 Å². The fourth-order valence-corrected chi connectivity index (χ4v) is 2.51. The van der Waals surface area contributed by atoms with Crippen LogP contribution in [0.25, 0.3) is 0 Å². The Hall–Kier alpha value is -0.0800. The van der Waals surface area contributed by atoms with Crippen LogP contribution in [0.4, 0.5) is 0 Å². The van der Waals surface area contributed by atoms with Crippen molar-refractivity contribution in [2.45, 2.75) is 45.5 Å². The molecule has 0 unspecified atom stereocenters. The van der Waals surface area contributed by atoms with Crippen molar-refractivity contribution in [1.29, 1.82) is 0 Å². The number of ether oxygens (including phenoxy) is 2. The quantitative estimate of drug-likeness (QED) is 0.600. The van der Waals surface area contributed by atoms with Gasteiger partial charge in [0, 0.05) is 5.92 Å². The molecule has 12 heavy (non-hydrogen) atoms. The van der Waals surface area contributed by atoms with Crippen LogP contribution in [-0.2, 0) is 9.47 Å². The second-order valence-corrected chi connectivity index (χ2v) is 4.25. The topological polar surface area (TPSA) is 18.5 Å². The Morgan fingerprint density at radius 2 is 2.17 bits per heavy atom. The highest BCUT2D eigenvalue weighted by Crippen LogP contribution is 2.44. The number of fused-ring (bicyclic) bond motifs is 2. The summed E-state index contributed by atoms with van der Waals surface area (Å²) in [6.45, 7) is 7.45.